The first-order valence-electron chi connectivity index (χ1n) is 8.67. The van der Waals surface area contributed by atoms with E-state index in [9.17, 15) is 14.0 Å². The fourth-order valence-corrected chi connectivity index (χ4v) is 3.71. The van der Waals surface area contributed by atoms with Crippen LogP contribution < -0.4 is 4.74 Å². The lowest BCUT2D eigenvalue weighted by atomic mass is 10.1. The Morgan fingerprint density at radius 3 is 2.26 bits per heavy atom. The summed E-state index contributed by atoms with van der Waals surface area (Å²) in [6.45, 7) is 1.94. The Bertz CT molecular complexity index is 805. The van der Waals surface area contributed by atoms with Crippen molar-refractivity contribution in [3.63, 3.8) is 0 Å². The van der Waals surface area contributed by atoms with Gasteiger partial charge in [-0.05, 0) is 36.4 Å². The second kappa shape index (κ2) is 8.90. The smallest absolute Gasteiger partial charge is 0.253 e. The van der Waals surface area contributed by atoms with Crippen molar-refractivity contribution in [2.75, 3.05) is 39.0 Å². The van der Waals surface area contributed by atoms with E-state index in [-0.39, 0.29) is 23.4 Å². The van der Waals surface area contributed by atoms with Crippen molar-refractivity contribution in [2.45, 2.75) is 4.90 Å². The number of amides is 2. The maximum atomic E-state index is 13.6. The molecule has 2 aromatic rings. The Kier molecular flexibility index (Phi) is 6.34. The highest BCUT2D eigenvalue weighted by Gasteiger charge is 2.25. The van der Waals surface area contributed by atoms with E-state index in [4.69, 9.17) is 4.74 Å². The first-order chi connectivity index (χ1) is 13.1. The molecule has 0 aromatic heterocycles. The topological polar surface area (TPSA) is 49.9 Å². The highest BCUT2D eigenvalue weighted by atomic mass is 32.2. The van der Waals surface area contributed by atoms with Crippen LogP contribution in [0.3, 0.4) is 0 Å². The molecule has 2 amide bonds. The van der Waals surface area contributed by atoms with Crippen LogP contribution in [0, 0.1) is 5.82 Å². The lowest BCUT2D eigenvalue weighted by molar-refractivity contribution is -0.129. The van der Waals surface area contributed by atoms with Gasteiger partial charge in [0.15, 0.2) is 0 Å². The number of carbonyl (C=O) groups excluding carboxylic acids is 2. The molecule has 27 heavy (non-hydrogen) atoms. The summed E-state index contributed by atoms with van der Waals surface area (Å²) < 4.78 is 18.7. The Morgan fingerprint density at radius 2 is 1.63 bits per heavy atom. The number of thioether (sulfide) groups is 1. The lowest BCUT2D eigenvalue weighted by Gasteiger charge is -2.34. The van der Waals surface area contributed by atoms with E-state index in [0.29, 0.717) is 42.4 Å². The minimum Gasteiger partial charge on any atom is -0.497 e. The number of carbonyl (C=O) groups is 2. The van der Waals surface area contributed by atoms with E-state index in [1.165, 1.54) is 17.8 Å². The molecule has 1 heterocycles. The van der Waals surface area contributed by atoms with Gasteiger partial charge in [-0.1, -0.05) is 12.1 Å². The average Bonchev–Trinajstić information content (AvgIpc) is 2.72. The summed E-state index contributed by atoms with van der Waals surface area (Å²) in [6.07, 6.45) is 0. The summed E-state index contributed by atoms with van der Waals surface area (Å²) in [5.74, 6) is 0.484. The Hall–Kier alpha value is -2.54. The summed E-state index contributed by atoms with van der Waals surface area (Å²) in [5, 5.41) is 0. The average molecular weight is 388 g/mol. The minimum absolute atomic E-state index is 0.0419. The number of benzene rings is 2. The molecular weight excluding hydrogens is 367 g/mol. The van der Waals surface area contributed by atoms with Gasteiger partial charge in [-0.3, -0.25) is 9.59 Å². The number of piperazine rings is 1. The first-order valence-corrected chi connectivity index (χ1v) is 9.65. The van der Waals surface area contributed by atoms with Gasteiger partial charge in [-0.2, -0.15) is 0 Å². The number of ether oxygens (including phenoxy) is 1. The van der Waals surface area contributed by atoms with Gasteiger partial charge < -0.3 is 14.5 Å². The molecule has 5 nitrogen and oxygen atoms in total. The predicted octanol–water partition coefficient (Wildman–Crippen LogP) is 2.91. The zero-order valence-electron chi connectivity index (χ0n) is 15.1. The van der Waals surface area contributed by atoms with Crippen LogP contribution in [-0.2, 0) is 4.79 Å². The molecule has 0 saturated carbocycles. The summed E-state index contributed by atoms with van der Waals surface area (Å²) in [6, 6.07) is 13.4. The van der Waals surface area contributed by atoms with Gasteiger partial charge in [0.25, 0.3) is 5.91 Å². The van der Waals surface area contributed by atoms with Crippen LogP contribution in [0.15, 0.2) is 53.4 Å². The largest absolute Gasteiger partial charge is 0.497 e. The van der Waals surface area contributed by atoms with Gasteiger partial charge in [0.05, 0.1) is 12.9 Å². The van der Waals surface area contributed by atoms with Crippen molar-refractivity contribution in [1.29, 1.82) is 0 Å². The molecule has 1 aliphatic heterocycles. The molecule has 0 spiro atoms. The van der Waals surface area contributed by atoms with E-state index < -0.39 is 0 Å². The van der Waals surface area contributed by atoms with Crippen molar-refractivity contribution in [3.05, 3.63) is 59.9 Å². The number of nitrogens with zero attached hydrogens (tertiary/aromatic N) is 2. The number of methoxy groups -OCH3 is 1. The van der Waals surface area contributed by atoms with Crippen molar-refractivity contribution >= 4 is 23.6 Å². The van der Waals surface area contributed by atoms with Gasteiger partial charge in [0.2, 0.25) is 5.91 Å². The molecule has 7 heteroatoms. The fraction of sp³-hybridized carbons (Fsp3) is 0.300. The maximum absolute atomic E-state index is 13.6. The number of rotatable bonds is 5. The molecule has 2 aromatic carbocycles. The maximum Gasteiger partial charge on any atom is 0.253 e. The van der Waals surface area contributed by atoms with Gasteiger partial charge in [0, 0.05) is 36.6 Å². The van der Waals surface area contributed by atoms with Crippen LogP contribution in [0.1, 0.15) is 10.4 Å². The van der Waals surface area contributed by atoms with Crippen LogP contribution in [0.2, 0.25) is 0 Å². The van der Waals surface area contributed by atoms with Gasteiger partial charge in [-0.15, -0.1) is 11.8 Å². The Balaban J connectivity index is 1.49. The normalized spacial score (nSPS) is 14.1. The number of hydrogen-bond donors (Lipinski definition) is 0. The highest BCUT2D eigenvalue weighted by molar-refractivity contribution is 8.00. The summed E-state index contributed by atoms with van der Waals surface area (Å²) in [5.41, 5.74) is 0.602. The standard InChI is InChI=1S/C20H21FN2O3S/c1-26-16-8-6-15(7-9-16)20(25)23-12-10-22(11-13-23)19(24)14-27-18-5-3-2-4-17(18)21/h2-9H,10-14H2,1H3. The molecule has 1 fully saturated rings. The number of halogens is 1. The second-order valence-corrected chi connectivity index (χ2v) is 7.14. The van der Waals surface area contributed by atoms with Crippen LogP contribution in [0.4, 0.5) is 4.39 Å². The van der Waals surface area contributed by atoms with Crippen molar-refractivity contribution < 1.29 is 18.7 Å². The van der Waals surface area contributed by atoms with Gasteiger partial charge in [-0.25, -0.2) is 4.39 Å². The molecular formula is C20H21FN2O3S. The van der Waals surface area contributed by atoms with Gasteiger partial charge >= 0.3 is 0 Å². The van der Waals surface area contributed by atoms with Crippen molar-refractivity contribution in [1.82, 2.24) is 9.80 Å². The Labute approximate surface area is 162 Å². The molecule has 0 unspecified atom stereocenters. The van der Waals surface area contributed by atoms with E-state index in [1.54, 1.807) is 59.4 Å². The summed E-state index contributed by atoms with van der Waals surface area (Å²) in [7, 11) is 1.58. The third-order valence-corrected chi connectivity index (χ3v) is 5.48. The van der Waals surface area contributed by atoms with Crippen LogP contribution in [-0.4, -0.2) is 60.7 Å². The number of hydrogen-bond acceptors (Lipinski definition) is 4. The van der Waals surface area contributed by atoms with E-state index in [0.717, 1.165) is 0 Å². The molecule has 1 saturated heterocycles. The molecule has 142 valence electrons. The Morgan fingerprint density at radius 1 is 1.00 bits per heavy atom. The SMILES string of the molecule is COc1ccc(C(=O)N2CCN(C(=O)CSc3ccccc3F)CC2)cc1. The third-order valence-electron chi connectivity index (χ3n) is 4.44. The predicted molar refractivity (Wildman–Crippen MR) is 103 cm³/mol. The highest BCUT2D eigenvalue weighted by Crippen LogP contribution is 2.22. The fourth-order valence-electron chi connectivity index (χ4n) is 2.87. The summed E-state index contributed by atoms with van der Waals surface area (Å²) >= 11 is 1.20. The van der Waals surface area contributed by atoms with Gasteiger partial charge in [0.1, 0.15) is 11.6 Å². The molecule has 0 atom stereocenters. The zero-order valence-corrected chi connectivity index (χ0v) is 15.9. The van der Waals surface area contributed by atoms with Crippen molar-refractivity contribution in [2.24, 2.45) is 0 Å². The molecule has 0 aliphatic carbocycles. The minimum atomic E-state index is -0.315. The summed E-state index contributed by atoms with van der Waals surface area (Å²) in [4.78, 5) is 28.9. The van der Waals surface area contributed by atoms with Crippen LogP contribution in [0.25, 0.3) is 0 Å². The molecule has 1 aliphatic rings. The molecule has 0 radical (unpaired) electrons. The third kappa shape index (κ3) is 4.80. The van der Waals surface area contributed by atoms with E-state index in [2.05, 4.69) is 0 Å². The zero-order chi connectivity index (χ0) is 19.2. The molecule has 0 bridgehead atoms. The van der Waals surface area contributed by atoms with E-state index in [1.807, 2.05) is 0 Å². The quantitative estimate of drug-likeness (QED) is 0.739. The lowest BCUT2D eigenvalue weighted by Crippen LogP contribution is -2.51. The van der Waals surface area contributed by atoms with Crippen molar-refractivity contribution in [3.8, 4) is 5.75 Å². The first kappa shape index (κ1) is 19.2. The van der Waals surface area contributed by atoms with Crippen LogP contribution >= 0.6 is 11.8 Å². The van der Waals surface area contributed by atoms with E-state index >= 15 is 0 Å². The van der Waals surface area contributed by atoms with Crippen LogP contribution in [0.5, 0.6) is 5.75 Å². The second-order valence-electron chi connectivity index (χ2n) is 6.12. The monoisotopic (exact) mass is 388 g/mol. The molecule has 3 rings (SSSR count). The molecule has 0 N–H and O–H groups in total.